The maximum Gasteiger partial charge on any atom is 0.251 e. The van der Waals surface area contributed by atoms with Crippen molar-refractivity contribution in [3.05, 3.63) is 68.9 Å². The molecule has 174 valence electrons. The number of nitrogens with one attached hydrogen (secondary N) is 1. The maximum absolute atomic E-state index is 14.7. The highest BCUT2D eigenvalue weighted by atomic mass is 19.1. The number of likely N-dealkylation sites (tertiary alicyclic amines) is 1. The first-order chi connectivity index (χ1) is 16.6. The molecule has 1 atom stereocenters. The summed E-state index contributed by atoms with van der Waals surface area (Å²) >= 11 is 0. The van der Waals surface area contributed by atoms with Gasteiger partial charge in [-0.05, 0) is 49.2 Å². The van der Waals surface area contributed by atoms with Gasteiger partial charge < -0.3 is 19.5 Å². The van der Waals surface area contributed by atoms with E-state index in [0.29, 0.717) is 41.4 Å². The molecule has 1 aromatic carbocycles. The zero-order chi connectivity index (χ0) is 23.2. The largest absolute Gasteiger partial charge is 0.492 e. The van der Waals surface area contributed by atoms with Gasteiger partial charge in [-0.25, -0.2) is 4.39 Å². The van der Waals surface area contributed by atoms with Crippen molar-refractivity contribution < 1.29 is 9.13 Å². The molecule has 2 aromatic heterocycles. The Morgan fingerprint density at radius 1 is 1.26 bits per heavy atom. The summed E-state index contributed by atoms with van der Waals surface area (Å²) < 4.78 is 22.0. The van der Waals surface area contributed by atoms with E-state index in [4.69, 9.17) is 4.74 Å². The number of hydrogen-bond donors (Lipinski definition) is 1. The van der Waals surface area contributed by atoms with E-state index in [-0.39, 0.29) is 17.3 Å². The average molecular weight is 460 g/mol. The van der Waals surface area contributed by atoms with Crippen molar-refractivity contribution in [3.63, 3.8) is 0 Å². The molecular formula is C26H26FN5O2. The van der Waals surface area contributed by atoms with Crippen LogP contribution in [0, 0.1) is 17.1 Å². The summed E-state index contributed by atoms with van der Waals surface area (Å²) in [6.07, 6.45) is 4.15. The fraction of sp³-hybridized carbons (Fsp3) is 0.423. The van der Waals surface area contributed by atoms with Crippen molar-refractivity contribution in [2.24, 2.45) is 0 Å². The Balaban J connectivity index is 1.08. The molecule has 3 aliphatic heterocycles. The molecule has 0 spiro atoms. The minimum atomic E-state index is -0.317. The molecule has 3 aliphatic rings. The third-order valence-corrected chi connectivity index (χ3v) is 7.43. The molecule has 34 heavy (non-hydrogen) atoms. The van der Waals surface area contributed by atoms with Crippen LogP contribution in [-0.2, 0) is 19.5 Å². The summed E-state index contributed by atoms with van der Waals surface area (Å²) in [6.45, 7) is 4.48. The van der Waals surface area contributed by atoms with Crippen molar-refractivity contribution in [3.8, 4) is 11.8 Å². The van der Waals surface area contributed by atoms with Gasteiger partial charge in [0, 0.05) is 49.6 Å². The summed E-state index contributed by atoms with van der Waals surface area (Å²) in [7, 11) is 0. The van der Waals surface area contributed by atoms with Gasteiger partial charge in [-0.2, -0.15) is 5.26 Å². The molecule has 0 unspecified atom stereocenters. The summed E-state index contributed by atoms with van der Waals surface area (Å²) in [4.78, 5) is 18.9. The molecule has 0 saturated carbocycles. The lowest BCUT2D eigenvalue weighted by molar-refractivity contribution is 0.184. The van der Waals surface area contributed by atoms with Crippen molar-refractivity contribution in [1.29, 1.82) is 5.26 Å². The number of ether oxygens (including phenoxy) is 1. The van der Waals surface area contributed by atoms with E-state index in [1.807, 2.05) is 6.07 Å². The minimum absolute atomic E-state index is 0.0388. The van der Waals surface area contributed by atoms with Gasteiger partial charge in [0.15, 0.2) is 0 Å². The Kier molecular flexibility index (Phi) is 5.31. The first kappa shape index (κ1) is 21.3. The van der Waals surface area contributed by atoms with Crippen molar-refractivity contribution in [2.45, 2.75) is 44.3 Å². The number of aromatic nitrogens is 2. The molecule has 0 aliphatic carbocycles. The van der Waals surface area contributed by atoms with E-state index in [1.54, 1.807) is 10.6 Å². The first-order valence-corrected chi connectivity index (χ1v) is 11.9. The monoisotopic (exact) mass is 459 g/mol. The Morgan fingerprint density at radius 2 is 2.12 bits per heavy atom. The van der Waals surface area contributed by atoms with Crippen LogP contribution >= 0.6 is 0 Å². The lowest BCUT2D eigenvalue weighted by atomic mass is 9.98. The highest BCUT2D eigenvalue weighted by Crippen LogP contribution is 2.35. The number of rotatable bonds is 5. The minimum Gasteiger partial charge on any atom is -0.492 e. The van der Waals surface area contributed by atoms with Crippen LogP contribution in [0.4, 0.5) is 4.39 Å². The molecule has 0 amide bonds. The number of pyridine rings is 2. The fourth-order valence-corrected chi connectivity index (χ4v) is 5.75. The average Bonchev–Trinajstić information content (AvgIpc) is 3.48. The number of benzene rings is 1. The third-order valence-electron chi connectivity index (χ3n) is 7.43. The lowest BCUT2D eigenvalue weighted by Crippen LogP contribution is -2.43. The van der Waals surface area contributed by atoms with Crippen molar-refractivity contribution in [1.82, 2.24) is 19.8 Å². The Labute approximate surface area is 196 Å². The van der Waals surface area contributed by atoms with Gasteiger partial charge in [0.25, 0.3) is 5.56 Å². The molecular weight excluding hydrogens is 433 g/mol. The van der Waals surface area contributed by atoms with Crippen LogP contribution in [0.2, 0.25) is 0 Å². The summed E-state index contributed by atoms with van der Waals surface area (Å²) in [5.41, 5.74) is 4.75. The predicted octanol–water partition coefficient (Wildman–Crippen LogP) is 2.69. The third kappa shape index (κ3) is 3.65. The number of piperidine rings is 1. The van der Waals surface area contributed by atoms with E-state index in [2.05, 4.69) is 27.3 Å². The van der Waals surface area contributed by atoms with Gasteiger partial charge in [-0.1, -0.05) is 6.07 Å². The highest BCUT2D eigenvalue weighted by Gasteiger charge is 2.31. The van der Waals surface area contributed by atoms with E-state index in [0.717, 1.165) is 62.3 Å². The molecule has 8 heteroatoms. The normalized spacial score (nSPS) is 19.8. The first-order valence-electron chi connectivity index (χ1n) is 11.9. The van der Waals surface area contributed by atoms with Crippen LogP contribution in [0.1, 0.15) is 41.0 Å². The van der Waals surface area contributed by atoms with Crippen molar-refractivity contribution in [2.75, 3.05) is 26.2 Å². The maximum atomic E-state index is 14.7. The Hall–Kier alpha value is -3.28. The van der Waals surface area contributed by atoms with E-state index in [9.17, 15) is 14.4 Å². The fourth-order valence-electron chi connectivity index (χ4n) is 5.75. The summed E-state index contributed by atoms with van der Waals surface area (Å²) in [5.74, 6) is 0.393. The van der Waals surface area contributed by atoms with Crippen molar-refractivity contribution >= 4 is 11.0 Å². The summed E-state index contributed by atoms with van der Waals surface area (Å²) in [6, 6.07) is 9.93. The smallest absolute Gasteiger partial charge is 0.251 e. The number of halogens is 1. The molecule has 5 heterocycles. The second-order valence-corrected chi connectivity index (χ2v) is 9.53. The molecule has 7 nitrogen and oxygen atoms in total. The van der Waals surface area contributed by atoms with Gasteiger partial charge >= 0.3 is 0 Å². The van der Waals surface area contributed by atoms with Crippen LogP contribution in [0.15, 0.2) is 35.3 Å². The van der Waals surface area contributed by atoms with Gasteiger partial charge in [0.05, 0.1) is 29.4 Å². The van der Waals surface area contributed by atoms with Gasteiger partial charge in [-0.3, -0.25) is 9.78 Å². The number of nitrogens with zero attached hydrogens (tertiary/aromatic N) is 4. The highest BCUT2D eigenvalue weighted by molar-refractivity contribution is 5.80. The second-order valence-electron chi connectivity index (χ2n) is 9.53. The van der Waals surface area contributed by atoms with Crippen LogP contribution in [0.5, 0.6) is 5.75 Å². The molecule has 6 rings (SSSR count). The van der Waals surface area contributed by atoms with Crippen LogP contribution in [0.3, 0.4) is 0 Å². The van der Waals surface area contributed by atoms with Crippen LogP contribution in [-0.4, -0.2) is 46.7 Å². The predicted molar refractivity (Wildman–Crippen MR) is 125 cm³/mol. The molecule has 1 N–H and O–H groups in total. The standard InChI is InChI=1S/C26H26FN5O2/c27-21-13-30-22-1-2-23(33)32-15-19(24(21)25(22)32)14-31-6-3-20(4-7-31)29-12-16-9-17-5-8-34-26(17)18(10-16)11-28/h1-2,9-10,13,19-20,29H,3-8,12,14-15H2/t19-/m1/s1. The van der Waals surface area contributed by atoms with E-state index < -0.39 is 0 Å². The molecule has 0 radical (unpaired) electrons. The van der Waals surface area contributed by atoms with E-state index >= 15 is 0 Å². The van der Waals surface area contributed by atoms with Crippen LogP contribution in [0.25, 0.3) is 11.0 Å². The summed E-state index contributed by atoms with van der Waals surface area (Å²) in [5, 5.41) is 13.1. The lowest BCUT2D eigenvalue weighted by Gasteiger charge is -2.34. The zero-order valence-corrected chi connectivity index (χ0v) is 18.9. The van der Waals surface area contributed by atoms with Gasteiger partial charge in [-0.15, -0.1) is 0 Å². The van der Waals surface area contributed by atoms with Gasteiger partial charge in [0.2, 0.25) is 0 Å². The molecule has 1 fully saturated rings. The van der Waals surface area contributed by atoms with Crippen LogP contribution < -0.4 is 15.6 Å². The van der Waals surface area contributed by atoms with Gasteiger partial charge in [0.1, 0.15) is 17.6 Å². The Morgan fingerprint density at radius 3 is 2.94 bits per heavy atom. The molecule has 0 bridgehead atoms. The molecule has 3 aromatic rings. The second kappa shape index (κ2) is 8.49. The van der Waals surface area contributed by atoms with E-state index in [1.165, 1.54) is 12.3 Å². The quantitative estimate of drug-likeness (QED) is 0.632. The number of nitriles is 1. The molecule has 1 saturated heterocycles. The number of fused-ring (bicyclic) bond motifs is 1. The SMILES string of the molecule is N#Cc1cc(CNC2CCN(C[C@@H]3Cn4c(=O)ccc5ncc(F)c3c54)CC2)cc2c1OCC2. The zero-order valence-electron chi connectivity index (χ0n) is 18.9. The number of hydrogen-bond acceptors (Lipinski definition) is 6. The Bertz CT molecular complexity index is 1370. The topological polar surface area (TPSA) is 83.2 Å².